The lowest BCUT2D eigenvalue weighted by Crippen LogP contribution is -2.65. The van der Waals surface area contributed by atoms with Crippen LogP contribution in [0.1, 0.15) is 34.1 Å². The van der Waals surface area contributed by atoms with Crippen LogP contribution in [0.3, 0.4) is 0 Å². The molecule has 0 saturated carbocycles. The highest BCUT2D eigenvalue weighted by Crippen LogP contribution is 2.45. The number of nitrogens with one attached hydrogen (secondary N) is 3. The van der Waals surface area contributed by atoms with Gasteiger partial charge in [0.15, 0.2) is 0 Å². The van der Waals surface area contributed by atoms with Crippen molar-refractivity contribution in [2.24, 2.45) is 0 Å². The first kappa shape index (κ1) is 23.1. The minimum absolute atomic E-state index is 0.158. The first-order valence-electron chi connectivity index (χ1n) is 11.6. The molecule has 1 aromatic carbocycles. The number of likely N-dealkylation sites (tertiary alicyclic amines) is 1. The first-order valence-corrected chi connectivity index (χ1v) is 11.6. The standard InChI is InChI=1S/C27H28FN5O2/c1-16(35-4)8-9-18-12-29-11-10-19(18)23-24(31-21-7-5-6-20(28)17(21)2)22-25(32-23)27(13-30-26(22)34)14-33(3)15-27/h5-7,10-12,16,31-32H,13-15H2,1-4H3,(H,30,34)/t16-/m1/s1. The highest BCUT2D eigenvalue weighted by Gasteiger charge is 2.50. The van der Waals surface area contributed by atoms with Gasteiger partial charge in [-0.25, -0.2) is 4.39 Å². The normalized spacial score (nSPS) is 17.1. The summed E-state index contributed by atoms with van der Waals surface area (Å²) < 4.78 is 19.7. The van der Waals surface area contributed by atoms with Gasteiger partial charge in [-0.3, -0.25) is 9.78 Å². The minimum Gasteiger partial charge on any atom is -0.369 e. The van der Waals surface area contributed by atoms with Crippen molar-refractivity contribution in [2.45, 2.75) is 25.4 Å². The molecule has 5 rings (SSSR count). The Bertz CT molecular complexity index is 1360. The van der Waals surface area contributed by atoms with Gasteiger partial charge in [-0.2, -0.15) is 0 Å². The maximum atomic E-state index is 14.4. The van der Waals surface area contributed by atoms with Gasteiger partial charge in [-0.1, -0.05) is 17.9 Å². The van der Waals surface area contributed by atoms with Crippen LogP contribution in [0.4, 0.5) is 15.8 Å². The van der Waals surface area contributed by atoms with E-state index in [4.69, 9.17) is 4.74 Å². The maximum absolute atomic E-state index is 14.4. The molecule has 3 aromatic rings. The molecule has 2 aliphatic rings. The molecule has 3 N–H and O–H groups in total. The number of fused-ring (bicyclic) bond motifs is 2. The highest BCUT2D eigenvalue weighted by molar-refractivity contribution is 6.07. The van der Waals surface area contributed by atoms with Crippen LogP contribution in [0.2, 0.25) is 0 Å². The van der Waals surface area contributed by atoms with E-state index in [1.807, 2.05) is 19.1 Å². The molecule has 2 aliphatic heterocycles. The van der Waals surface area contributed by atoms with E-state index in [0.717, 1.165) is 30.0 Å². The monoisotopic (exact) mass is 473 g/mol. The second kappa shape index (κ2) is 8.84. The van der Waals surface area contributed by atoms with Crippen LogP contribution in [-0.2, 0) is 10.2 Å². The van der Waals surface area contributed by atoms with Gasteiger partial charge >= 0.3 is 0 Å². The van der Waals surface area contributed by atoms with Gasteiger partial charge in [0, 0.05) is 61.6 Å². The maximum Gasteiger partial charge on any atom is 0.255 e. The molecule has 1 atom stereocenters. The molecule has 8 heteroatoms. The average Bonchev–Trinajstić information content (AvgIpc) is 3.22. The number of aromatic nitrogens is 2. The number of rotatable bonds is 4. The third kappa shape index (κ3) is 3.97. The number of methoxy groups -OCH3 is 1. The number of amides is 1. The molecular weight excluding hydrogens is 445 g/mol. The molecule has 35 heavy (non-hydrogen) atoms. The van der Waals surface area contributed by atoms with Crippen molar-refractivity contribution in [1.29, 1.82) is 0 Å². The zero-order valence-corrected chi connectivity index (χ0v) is 20.3. The smallest absolute Gasteiger partial charge is 0.255 e. The Morgan fingerprint density at radius 2 is 2.11 bits per heavy atom. The lowest BCUT2D eigenvalue weighted by atomic mass is 9.73. The SMILES string of the molecule is CO[C@H](C)C#Cc1cnccc1-c1[nH]c2c(c1Nc1cccc(F)c1C)C(=O)NCC21CN(C)C1. The molecule has 4 heterocycles. The summed E-state index contributed by atoms with van der Waals surface area (Å²) in [5.74, 6) is 5.77. The number of H-pyrrole nitrogens is 1. The Hall–Kier alpha value is -3.67. The molecule has 7 nitrogen and oxygen atoms in total. The van der Waals surface area contributed by atoms with E-state index in [1.54, 1.807) is 32.5 Å². The average molecular weight is 474 g/mol. The van der Waals surface area contributed by atoms with E-state index in [2.05, 4.69) is 44.4 Å². The molecule has 180 valence electrons. The van der Waals surface area contributed by atoms with Crippen LogP contribution in [0.25, 0.3) is 11.3 Å². The Morgan fingerprint density at radius 1 is 1.31 bits per heavy atom. The number of hydrogen-bond donors (Lipinski definition) is 3. The summed E-state index contributed by atoms with van der Waals surface area (Å²) in [5.41, 5.74) is 5.16. The number of anilines is 2. The Kier molecular flexibility index (Phi) is 5.83. The number of benzene rings is 1. The summed E-state index contributed by atoms with van der Waals surface area (Å²) in [6.45, 7) is 5.81. The second-order valence-electron chi connectivity index (χ2n) is 9.37. The van der Waals surface area contributed by atoms with E-state index >= 15 is 0 Å². The molecule has 1 fully saturated rings. The summed E-state index contributed by atoms with van der Waals surface area (Å²) in [4.78, 5) is 23.3. The number of pyridine rings is 1. The lowest BCUT2D eigenvalue weighted by molar-refractivity contribution is 0.0690. The molecule has 1 amide bonds. The zero-order valence-electron chi connectivity index (χ0n) is 20.3. The number of halogens is 1. The van der Waals surface area contributed by atoms with Crippen molar-refractivity contribution in [1.82, 2.24) is 20.2 Å². The number of nitrogens with zero attached hydrogens (tertiary/aromatic N) is 2. The topological polar surface area (TPSA) is 82.3 Å². The van der Waals surface area contributed by atoms with Crippen LogP contribution >= 0.6 is 0 Å². The number of likely N-dealkylation sites (N-methyl/N-ethyl adjacent to an activating group) is 1. The van der Waals surface area contributed by atoms with E-state index in [0.29, 0.717) is 34.6 Å². The van der Waals surface area contributed by atoms with Gasteiger partial charge in [0.1, 0.15) is 11.9 Å². The van der Waals surface area contributed by atoms with Crippen molar-refractivity contribution >= 4 is 17.3 Å². The predicted molar refractivity (Wildman–Crippen MR) is 133 cm³/mol. The van der Waals surface area contributed by atoms with Crippen molar-refractivity contribution < 1.29 is 13.9 Å². The van der Waals surface area contributed by atoms with Gasteiger partial charge < -0.3 is 25.3 Å². The van der Waals surface area contributed by atoms with E-state index < -0.39 is 0 Å². The number of carbonyl (C=O) groups excluding carboxylic acids is 1. The summed E-state index contributed by atoms with van der Waals surface area (Å²) in [5, 5.41) is 6.45. The molecule has 1 saturated heterocycles. The minimum atomic E-state index is -0.313. The lowest BCUT2D eigenvalue weighted by Gasteiger charge is -2.50. The predicted octanol–water partition coefficient (Wildman–Crippen LogP) is 3.58. The van der Waals surface area contributed by atoms with Gasteiger partial charge in [0.25, 0.3) is 5.91 Å². The van der Waals surface area contributed by atoms with Crippen LogP contribution < -0.4 is 10.6 Å². The largest absolute Gasteiger partial charge is 0.369 e. The third-order valence-corrected chi connectivity index (χ3v) is 6.87. The van der Waals surface area contributed by atoms with Crippen LogP contribution in [0.5, 0.6) is 0 Å². The fourth-order valence-corrected chi connectivity index (χ4v) is 4.96. The number of hydrogen-bond acceptors (Lipinski definition) is 5. The van der Waals surface area contributed by atoms with E-state index in [9.17, 15) is 9.18 Å². The molecule has 0 radical (unpaired) electrons. The molecule has 2 aromatic heterocycles. The summed E-state index contributed by atoms with van der Waals surface area (Å²) in [7, 11) is 3.67. The molecule has 0 aliphatic carbocycles. The van der Waals surface area contributed by atoms with Crippen molar-refractivity contribution in [3.8, 4) is 23.1 Å². The third-order valence-electron chi connectivity index (χ3n) is 6.87. The Balaban J connectivity index is 1.72. The quantitative estimate of drug-likeness (QED) is 0.505. The Morgan fingerprint density at radius 3 is 2.86 bits per heavy atom. The number of ether oxygens (including phenoxy) is 1. The fourth-order valence-electron chi connectivity index (χ4n) is 4.96. The highest BCUT2D eigenvalue weighted by atomic mass is 19.1. The summed E-state index contributed by atoms with van der Waals surface area (Å²) in [6.07, 6.45) is 3.16. The first-order chi connectivity index (χ1) is 16.8. The van der Waals surface area contributed by atoms with Crippen molar-refractivity contribution in [3.63, 3.8) is 0 Å². The molecule has 0 bridgehead atoms. The van der Waals surface area contributed by atoms with Crippen molar-refractivity contribution in [3.05, 3.63) is 64.9 Å². The van der Waals surface area contributed by atoms with Crippen LogP contribution in [0.15, 0.2) is 36.7 Å². The zero-order chi connectivity index (χ0) is 24.7. The van der Waals surface area contributed by atoms with Gasteiger partial charge in [0.2, 0.25) is 0 Å². The van der Waals surface area contributed by atoms with Gasteiger partial charge in [0.05, 0.1) is 27.9 Å². The number of carbonyl (C=O) groups is 1. The summed E-state index contributed by atoms with van der Waals surface area (Å²) in [6, 6.07) is 6.76. The van der Waals surface area contributed by atoms with E-state index in [-0.39, 0.29) is 23.2 Å². The Labute approximate surface area is 204 Å². The fraction of sp³-hybridized carbons (Fsp3) is 0.333. The molecule has 1 spiro atoms. The molecular formula is C27H28FN5O2. The van der Waals surface area contributed by atoms with E-state index in [1.165, 1.54) is 6.07 Å². The second-order valence-corrected chi connectivity index (χ2v) is 9.37. The van der Waals surface area contributed by atoms with Gasteiger partial charge in [-0.15, -0.1) is 0 Å². The van der Waals surface area contributed by atoms with Crippen LogP contribution in [0, 0.1) is 24.6 Å². The number of aromatic amines is 1. The molecule has 0 unspecified atom stereocenters. The van der Waals surface area contributed by atoms with Crippen molar-refractivity contribution in [2.75, 3.05) is 39.1 Å². The van der Waals surface area contributed by atoms with Gasteiger partial charge in [-0.05, 0) is 39.1 Å². The summed E-state index contributed by atoms with van der Waals surface area (Å²) >= 11 is 0. The van der Waals surface area contributed by atoms with Crippen LogP contribution in [-0.4, -0.2) is 60.7 Å².